The van der Waals surface area contributed by atoms with Gasteiger partial charge in [0.2, 0.25) is 11.8 Å². The van der Waals surface area contributed by atoms with E-state index in [4.69, 9.17) is 9.73 Å². The van der Waals surface area contributed by atoms with Crippen LogP contribution in [0, 0.1) is 17.6 Å². The van der Waals surface area contributed by atoms with Crippen molar-refractivity contribution in [2.24, 2.45) is 10.9 Å². The minimum atomic E-state index is -0.905. The number of ether oxygens (including phenoxy) is 1. The van der Waals surface area contributed by atoms with Crippen molar-refractivity contribution in [1.29, 1.82) is 0 Å². The minimum Gasteiger partial charge on any atom is -0.480 e. The van der Waals surface area contributed by atoms with E-state index in [9.17, 15) is 9.18 Å². The smallest absolute Gasteiger partial charge is 0.275 e. The van der Waals surface area contributed by atoms with Crippen LogP contribution in [0.3, 0.4) is 0 Å². The molecule has 2 aromatic heterocycles. The molecule has 12 heteroatoms. The number of thioether (sulfide) groups is 1. The minimum absolute atomic E-state index is 0.0437. The van der Waals surface area contributed by atoms with Crippen molar-refractivity contribution >= 4 is 34.3 Å². The Morgan fingerprint density at radius 3 is 2.69 bits per heavy atom. The lowest BCUT2D eigenvalue weighted by molar-refractivity contribution is 0.102. The van der Waals surface area contributed by atoms with Gasteiger partial charge in [-0.05, 0) is 25.1 Å². The number of methoxy groups -OCH3 is 1. The van der Waals surface area contributed by atoms with Crippen molar-refractivity contribution in [2.75, 3.05) is 36.2 Å². The predicted octanol–water partition coefficient (Wildman–Crippen LogP) is 3.30. The van der Waals surface area contributed by atoms with Crippen LogP contribution in [0.2, 0.25) is 0 Å². The van der Waals surface area contributed by atoms with Crippen LogP contribution in [0.25, 0.3) is 0 Å². The van der Waals surface area contributed by atoms with E-state index >= 15 is 4.39 Å². The number of carbonyl (C=O) groups is 1. The predicted molar refractivity (Wildman–Crippen MR) is 128 cm³/mol. The molecular formula is C23H21F2N7O2S. The maximum atomic E-state index is 15.3. The molecule has 1 N–H and O–H groups in total. The number of carbonyl (C=O) groups excluding carboxylic acids is 1. The molecule has 2 atom stereocenters. The number of halogens is 2. The number of anilines is 2. The van der Waals surface area contributed by atoms with Gasteiger partial charge in [-0.3, -0.25) is 9.79 Å². The Balaban J connectivity index is 1.48. The summed E-state index contributed by atoms with van der Waals surface area (Å²) in [6.45, 7) is 2.75. The molecule has 180 valence electrons. The van der Waals surface area contributed by atoms with E-state index in [2.05, 4.69) is 25.3 Å². The van der Waals surface area contributed by atoms with Crippen molar-refractivity contribution in [3.8, 4) is 5.88 Å². The second-order valence-electron chi connectivity index (χ2n) is 8.24. The summed E-state index contributed by atoms with van der Waals surface area (Å²) in [7, 11) is 1.46. The highest BCUT2D eigenvalue weighted by atomic mass is 32.2. The lowest BCUT2D eigenvalue weighted by Crippen LogP contribution is -2.39. The molecule has 2 aliphatic rings. The van der Waals surface area contributed by atoms with E-state index in [0.717, 1.165) is 23.2 Å². The Morgan fingerprint density at radius 2 is 1.97 bits per heavy atom. The fourth-order valence-corrected chi connectivity index (χ4v) is 5.46. The van der Waals surface area contributed by atoms with Crippen LogP contribution in [0.15, 0.2) is 48.0 Å². The average Bonchev–Trinajstić information content (AvgIpc) is 3.25. The van der Waals surface area contributed by atoms with Crippen LogP contribution >= 0.6 is 11.8 Å². The Labute approximate surface area is 204 Å². The molecule has 2 aliphatic heterocycles. The molecule has 0 bridgehead atoms. The van der Waals surface area contributed by atoms with Gasteiger partial charge in [-0.25, -0.2) is 28.7 Å². The van der Waals surface area contributed by atoms with Gasteiger partial charge < -0.3 is 15.0 Å². The number of fused-ring (bicyclic) bond motifs is 1. The average molecular weight is 498 g/mol. The number of nitrogens with one attached hydrogen (secondary N) is 1. The van der Waals surface area contributed by atoms with Crippen molar-refractivity contribution in [3.05, 3.63) is 65.9 Å². The molecule has 5 rings (SSSR count). The summed E-state index contributed by atoms with van der Waals surface area (Å²) in [5.74, 6) is -0.111. The first-order valence-electron chi connectivity index (χ1n) is 10.8. The SMILES string of the molecule is COc1cnc(C(=O)Nc2ccc(F)c([C@]34CN(c5ncc(F)cn5)C[C@H]3CSC(C)=N4)c2)cn1. The number of benzene rings is 1. The molecule has 0 spiro atoms. The molecule has 0 aliphatic carbocycles. The van der Waals surface area contributed by atoms with Gasteiger partial charge >= 0.3 is 0 Å². The third-order valence-corrected chi connectivity index (χ3v) is 7.13. The number of aliphatic imine (C=N–C) groups is 1. The van der Waals surface area contributed by atoms with Gasteiger partial charge in [-0.2, -0.15) is 0 Å². The summed E-state index contributed by atoms with van der Waals surface area (Å²) in [5.41, 5.74) is -0.0427. The van der Waals surface area contributed by atoms with Crippen molar-refractivity contribution < 1.29 is 18.3 Å². The number of hydrogen-bond donors (Lipinski definition) is 1. The molecule has 0 saturated carbocycles. The lowest BCUT2D eigenvalue weighted by atomic mass is 9.81. The normalized spacial score (nSPS) is 21.3. The number of hydrogen-bond acceptors (Lipinski definition) is 9. The molecule has 35 heavy (non-hydrogen) atoms. The van der Waals surface area contributed by atoms with E-state index in [1.807, 2.05) is 11.8 Å². The summed E-state index contributed by atoms with van der Waals surface area (Å²) >= 11 is 1.61. The molecule has 9 nitrogen and oxygen atoms in total. The van der Waals surface area contributed by atoms with Gasteiger partial charge in [0, 0.05) is 29.5 Å². The van der Waals surface area contributed by atoms with Crippen LogP contribution in [0.4, 0.5) is 20.4 Å². The highest BCUT2D eigenvalue weighted by Gasteiger charge is 2.51. The summed E-state index contributed by atoms with van der Waals surface area (Å²) in [6, 6.07) is 4.42. The first-order valence-corrected chi connectivity index (χ1v) is 11.8. The van der Waals surface area contributed by atoms with E-state index in [0.29, 0.717) is 30.3 Å². The molecule has 0 unspecified atom stereocenters. The van der Waals surface area contributed by atoms with Crippen molar-refractivity contribution in [2.45, 2.75) is 12.5 Å². The molecule has 1 amide bonds. The molecule has 0 radical (unpaired) electrons. The van der Waals surface area contributed by atoms with Gasteiger partial charge in [0.05, 0.1) is 43.5 Å². The molecule has 1 fully saturated rings. The maximum absolute atomic E-state index is 15.3. The molecule has 1 saturated heterocycles. The van der Waals surface area contributed by atoms with Crippen LogP contribution < -0.4 is 15.0 Å². The summed E-state index contributed by atoms with van der Waals surface area (Å²) in [6.07, 6.45) is 4.87. The Morgan fingerprint density at radius 1 is 1.17 bits per heavy atom. The van der Waals surface area contributed by atoms with Gasteiger partial charge in [0.15, 0.2) is 5.82 Å². The third-order valence-electron chi connectivity index (χ3n) is 6.05. The largest absolute Gasteiger partial charge is 0.480 e. The van der Waals surface area contributed by atoms with Crippen LogP contribution in [0.1, 0.15) is 23.0 Å². The molecular weight excluding hydrogens is 476 g/mol. The van der Waals surface area contributed by atoms with E-state index in [-0.39, 0.29) is 17.5 Å². The molecule has 4 heterocycles. The third kappa shape index (κ3) is 4.41. The highest BCUT2D eigenvalue weighted by Crippen LogP contribution is 2.47. The Kier molecular flexibility index (Phi) is 6.05. The fraction of sp³-hybridized carbons (Fsp3) is 0.304. The molecule has 3 aromatic rings. The fourth-order valence-electron chi connectivity index (χ4n) is 4.41. The van der Waals surface area contributed by atoms with Crippen molar-refractivity contribution in [3.63, 3.8) is 0 Å². The van der Waals surface area contributed by atoms with Crippen molar-refractivity contribution in [1.82, 2.24) is 19.9 Å². The first kappa shape index (κ1) is 23.1. The zero-order valence-corrected chi connectivity index (χ0v) is 19.7. The second-order valence-corrected chi connectivity index (χ2v) is 9.45. The summed E-state index contributed by atoms with van der Waals surface area (Å²) in [5, 5.41) is 3.60. The number of aromatic nitrogens is 4. The van der Waals surface area contributed by atoms with Gasteiger partial charge in [0.1, 0.15) is 17.1 Å². The lowest BCUT2D eigenvalue weighted by Gasteiger charge is -2.35. The van der Waals surface area contributed by atoms with E-state index in [1.165, 1.54) is 31.6 Å². The van der Waals surface area contributed by atoms with Crippen LogP contribution in [-0.4, -0.2) is 56.8 Å². The van der Waals surface area contributed by atoms with Crippen LogP contribution in [0.5, 0.6) is 5.88 Å². The maximum Gasteiger partial charge on any atom is 0.275 e. The highest BCUT2D eigenvalue weighted by molar-refractivity contribution is 8.13. The van der Waals surface area contributed by atoms with Gasteiger partial charge in [0.25, 0.3) is 5.91 Å². The number of nitrogens with zero attached hydrogens (tertiary/aromatic N) is 6. The Hall–Kier alpha value is -3.67. The van der Waals surface area contributed by atoms with Gasteiger partial charge in [-0.15, -0.1) is 11.8 Å². The second kappa shape index (κ2) is 9.17. The van der Waals surface area contributed by atoms with E-state index < -0.39 is 23.1 Å². The number of amides is 1. The zero-order chi connectivity index (χ0) is 24.6. The van der Waals surface area contributed by atoms with Crippen LogP contribution in [-0.2, 0) is 5.54 Å². The molecule has 1 aromatic carbocycles. The monoisotopic (exact) mass is 497 g/mol. The number of rotatable bonds is 5. The van der Waals surface area contributed by atoms with E-state index in [1.54, 1.807) is 17.8 Å². The van der Waals surface area contributed by atoms with Gasteiger partial charge in [-0.1, -0.05) is 0 Å². The first-order chi connectivity index (χ1) is 16.9. The zero-order valence-electron chi connectivity index (χ0n) is 18.9. The summed E-state index contributed by atoms with van der Waals surface area (Å²) in [4.78, 5) is 35.7. The quantitative estimate of drug-likeness (QED) is 0.573. The standard InChI is InChI=1S/C23H21F2N7O2S/c1-13-31-23(12-32(10-14(23)11-35-13)22-28-6-15(24)7-29-22)17-5-16(3-4-18(17)25)30-21(33)19-8-27-20(34-2)9-26-19/h3-9,14H,10-12H2,1-2H3,(H,30,33)/t14-,23-/m0/s1. The summed E-state index contributed by atoms with van der Waals surface area (Å²) < 4.78 is 33.6. The topological polar surface area (TPSA) is 105 Å². The Bertz CT molecular complexity index is 1290.